The molecule has 0 aromatic heterocycles. The second-order valence-corrected chi connectivity index (χ2v) is 4.66. The average molecular weight is 259 g/mol. The third kappa shape index (κ3) is 2.34. The van der Waals surface area contributed by atoms with Crippen molar-refractivity contribution in [3.05, 3.63) is 89.1 Å². The number of allylic oxidation sites excluding steroid dienone is 6. The average Bonchev–Trinajstić information content (AvgIpc) is 2.49. The van der Waals surface area contributed by atoms with Crippen molar-refractivity contribution in [2.75, 3.05) is 7.05 Å². The number of hydrogen-bond acceptors (Lipinski definition) is 2. The monoisotopic (exact) mass is 259 g/mol. The standard InChI is InChI=1S/C18H13NO/c1-19-12-10-14(11-13-19)6-7-15-8-9-18(20)17-5-3-2-4-16(15)17/h2-5,8-13H,1H3. The van der Waals surface area contributed by atoms with Crippen molar-refractivity contribution in [1.82, 2.24) is 4.90 Å². The van der Waals surface area contributed by atoms with E-state index in [4.69, 9.17) is 0 Å². The molecule has 0 amide bonds. The zero-order valence-corrected chi connectivity index (χ0v) is 11.1. The maximum absolute atomic E-state index is 11.8. The number of ketones is 1. The summed E-state index contributed by atoms with van der Waals surface area (Å²) in [6.45, 7) is 0. The first-order chi connectivity index (χ1) is 9.74. The number of carbonyl (C=O) groups is 1. The van der Waals surface area contributed by atoms with Crippen molar-refractivity contribution >= 4 is 11.4 Å². The Balaban J connectivity index is 2.12. The molecule has 2 heteroatoms. The zero-order valence-electron chi connectivity index (χ0n) is 11.1. The van der Waals surface area contributed by atoms with Crippen LogP contribution in [0.1, 0.15) is 15.9 Å². The van der Waals surface area contributed by atoms with Gasteiger partial charge in [0.15, 0.2) is 5.78 Å². The summed E-state index contributed by atoms with van der Waals surface area (Å²) >= 11 is 0. The van der Waals surface area contributed by atoms with Crippen LogP contribution in [0.25, 0.3) is 5.57 Å². The lowest BCUT2D eigenvalue weighted by atomic mass is 9.92. The minimum Gasteiger partial charge on any atom is -0.357 e. The molecule has 0 saturated carbocycles. The Labute approximate surface area is 118 Å². The van der Waals surface area contributed by atoms with Crippen LogP contribution in [0, 0.1) is 0 Å². The van der Waals surface area contributed by atoms with Gasteiger partial charge >= 0.3 is 0 Å². The van der Waals surface area contributed by atoms with Gasteiger partial charge in [-0.15, -0.1) is 0 Å². The third-order valence-electron chi connectivity index (χ3n) is 3.20. The number of rotatable bonds is 0. The summed E-state index contributed by atoms with van der Waals surface area (Å²) in [4.78, 5) is 13.8. The smallest absolute Gasteiger partial charge is 0.186 e. The number of carbonyl (C=O) groups excluding carboxylic acids is 1. The summed E-state index contributed by atoms with van der Waals surface area (Å²) in [5, 5.41) is 0. The second-order valence-electron chi connectivity index (χ2n) is 4.66. The van der Waals surface area contributed by atoms with Gasteiger partial charge < -0.3 is 4.90 Å². The van der Waals surface area contributed by atoms with E-state index < -0.39 is 0 Å². The summed E-state index contributed by atoms with van der Waals surface area (Å²) in [6, 6.07) is 7.57. The molecule has 1 heterocycles. The fourth-order valence-corrected chi connectivity index (χ4v) is 2.10. The molecule has 1 aliphatic heterocycles. The molecule has 0 atom stereocenters. The van der Waals surface area contributed by atoms with E-state index in [0.717, 1.165) is 22.3 Å². The van der Waals surface area contributed by atoms with E-state index in [1.807, 2.05) is 60.8 Å². The Bertz CT molecular complexity index is 748. The lowest BCUT2D eigenvalue weighted by Crippen LogP contribution is -2.03. The minimum atomic E-state index is 0.0397. The minimum absolute atomic E-state index is 0.0397. The molecule has 0 bridgehead atoms. The molecular weight excluding hydrogens is 246 g/mol. The molecule has 0 fully saturated rings. The van der Waals surface area contributed by atoms with E-state index in [2.05, 4.69) is 11.5 Å². The van der Waals surface area contributed by atoms with Crippen LogP contribution in [-0.4, -0.2) is 17.7 Å². The van der Waals surface area contributed by atoms with Crippen LogP contribution in [0.3, 0.4) is 0 Å². The van der Waals surface area contributed by atoms with Gasteiger partial charge in [0, 0.05) is 41.7 Å². The molecule has 0 saturated heterocycles. The van der Waals surface area contributed by atoms with Gasteiger partial charge in [-0.3, -0.25) is 4.79 Å². The first-order valence-electron chi connectivity index (χ1n) is 6.40. The van der Waals surface area contributed by atoms with E-state index in [9.17, 15) is 4.79 Å². The van der Waals surface area contributed by atoms with Gasteiger partial charge in [-0.25, -0.2) is 0 Å². The largest absolute Gasteiger partial charge is 0.357 e. The molecule has 3 rings (SSSR count). The predicted octanol–water partition coefficient (Wildman–Crippen LogP) is 3.48. The fraction of sp³-hybridized carbons (Fsp3) is 0.0556. The second kappa shape index (κ2) is 5.07. The lowest BCUT2D eigenvalue weighted by Gasteiger charge is -2.10. The first kappa shape index (κ1) is 12.3. The molecule has 20 heavy (non-hydrogen) atoms. The molecule has 0 radical (unpaired) electrons. The van der Waals surface area contributed by atoms with Crippen molar-refractivity contribution in [3.8, 4) is 0 Å². The van der Waals surface area contributed by atoms with Gasteiger partial charge in [-0.1, -0.05) is 35.7 Å². The normalized spacial score (nSPS) is 16.1. The highest BCUT2D eigenvalue weighted by atomic mass is 16.1. The maximum atomic E-state index is 11.8. The molecule has 96 valence electrons. The summed E-state index contributed by atoms with van der Waals surface area (Å²) in [5.74, 6) is 0.0397. The molecule has 0 unspecified atom stereocenters. The van der Waals surface area contributed by atoms with Gasteiger partial charge in [-0.2, -0.15) is 0 Å². The zero-order chi connectivity index (χ0) is 13.9. The number of hydrogen-bond donors (Lipinski definition) is 0. The van der Waals surface area contributed by atoms with Crippen LogP contribution < -0.4 is 0 Å². The molecule has 2 nitrogen and oxygen atoms in total. The Morgan fingerprint density at radius 1 is 0.900 bits per heavy atom. The molecule has 0 spiro atoms. The van der Waals surface area contributed by atoms with Gasteiger partial charge in [0.25, 0.3) is 0 Å². The number of fused-ring (bicyclic) bond motifs is 1. The predicted molar refractivity (Wildman–Crippen MR) is 79.9 cm³/mol. The van der Waals surface area contributed by atoms with Crippen LogP contribution in [0.4, 0.5) is 0 Å². The molecular formula is C18H13NO. The van der Waals surface area contributed by atoms with Gasteiger partial charge in [0.05, 0.1) is 0 Å². The van der Waals surface area contributed by atoms with E-state index >= 15 is 0 Å². The highest BCUT2D eigenvalue weighted by Crippen LogP contribution is 2.24. The number of benzene rings is 1. The topological polar surface area (TPSA) is 20.3 Å². The lowest BCUT2D eigenvalue weighted by molar-refractivity contribution is 0.104. The van der Waals surface area contributed by atoms with Gasteiger partial charge in [0.2, 0.25) is 0 Å². The van der Waals surface area contributed by atoms with Crippen molar-refractivity contribution in [3.63, 3.8) is 0 Å². The van der Waals surface area contributed by atoms with Gasteiger partial charge in [0.1, 0.15) is 0 Å². The van der Waals surface area contributed by atoms with Crippen LogP contribution in [-0.2, 0) is 0 Å². The SMILES string of the molecule is CN1C=CC(=C=C=C2C=CC(=O)c3ccccc32)C=C1. The third-order valence-corrected chi connectivity index (χ3v) is 3.20. The Morgan fingerprint density at radius 3 is 2.35 bits per heavy atom. The van der Waals surface area contributed by atoms with Crippen molar-refractivity contribution < 1.29 is 4.79 Å². The summed E-state index contributed by atoms with van der Waals surface area (Å²) in [6.07, 6.45) is 11.2. The van der Waals surface area contributed by atoms with Crippen LogP contribution in [0.5, 0.6) is 0 Å². The fourth-order valence-electron chi connectivity index (χ4n) is 2.10. The van der Waals surface area contributed by atoms with Crippen LogP contribution in [0.15, 0.2) is 78.0 Å². The summed E-state index contributed by atoms with van der Waals surface area (Å²) < 4.78 is 0. The number of nitrogens with zero attached hydrogens (tertiary/aromatic N) is 1. The maximum Gasteiger partial charge on any atom is 0.186 e. The quantitative estimate of drug-likeness (QED) is 0.665. The highest BCUT2D eigenvalue weighted by molar-refractivity contribution is 6.12. The van der Waals surface area contributed by atoms with Crippen LogP contribution >= 0.6 is 0 Å². The van der Waals surface area contributed by atoms with E-state index in [1.54, 1.807) is 12.2 Å². The molecule has 2 aliphatic rings. The highest BCUT2D eigenvalue weighted by Gasteiger charge is 2.14. The Hall–Kier alpha value is -2.79. The molecule has 1 aliphatic carbocycles. The summed E-state index contributed by atoms with van der Waals surface area (Å²) in [5.41, 5.74) is 9.76. The van der Waals surface area contributed by atoms with Gasteiger partial charge in [-0.05, 0) is 24.3 Å². The Kier molecular flexibility index (Phi) is 3.10. The summed E-state index contributed by atoms with van der Waals surface area (Å²) in [7, 11) is 1.97. The van der Waals surface area contributed by atoms with Crippen molar-refractivity contribution in [2.24, 2.45) is 0 Å². The van der Waals surface area contributed by atoms with Crippen molar-refractivity contribution in [2.45, 2.75) is 0 Å². The Morgan fingerprint density at radius 2 is 1.60 bits per heavy atom. The van der Waals surface area contributed by atoms with Crippen molar-refractivity contribution in [1.29, 1.82) is 0 Å². The van der Waals surface area contributed by atoms with E-state index in [0.29, 0.717) is 0 Å². The molecule has 1 aromatic carbocycles. The van der Waals surface area contributed by atoms with E-state index in [-0.39, 0.29) is 5.78 Å². The van der Waals surface area contributed by atoms with Crippen LogP contribution in [0.2, 0.25) is 0 Å². The molecule has 0 N–H and O–H groups in total. The van der Waals surface area contributed by atoms with E-state index in [1.165, 1.54) is 0 Å². The molecule has 1 aromatic rings. The first-order valence-corrected chi connectivity index (χ1v) is 6.40.